The number of hydrogen-bond donors (Lipinski definition) is 2. The van der Waals surface area contributed by atoms with Crippen molar-refractivity contribution in [1.82, 2.24) is 15.3 Å². The van der Waals surface area contributed by atoms with Crippen LogP contribution in [0, 0.1) is 13.8 Å². The van der Waals surface area contributed by atoms with E-state index in [9.17, 15) is 9.59 Å². The number of rotatable bonds is 5. The van der Waals surface area contributed by atoms with E-state index in [0.717, 1.165) is 35.5 Å². The number of halogens is 2. The lowest BCUT2D eigenvalue weighted by Gasteiger charge is -2.10. The molecule has 0 bridgehead atoms. The van der Waals surface area contributed by atoms with Crippen molar-refractivity contribution in [3.8, 4) is 5.69 Å². The van der Waals surface area contributed by atoms with Crippen LogP contribution >= 0.6 is 23.2 Å². The fraction of sp³-hybridized carbons (Fsp3) is 0.350. The number of hydrazone groups is 1. The second-order valence-corrected chi connectivity index (χ2v) is 7.62. The number of hydrogen-bond acceptors (Lipinski definition) is 4. The van der Waals surface area contributed by atoms with E-state index in [4.69, 9.17) is 27.9 Å². The molecule has 1 aliphatic heterocycles. The molecule has 0 aliphatic carbocycles. The molecule has 9 heteroatoms. The molecule has 7 nitrogen and oxygen atoms in total. The van der Waals surface area contributed by atoms with Gasteiger partial charge in [-0.1, -0.05) is 23.2 Å². The normalized spacial score (nSPS) is 16.3. The summed E-state index contributed by atoms with van der Waals surface area (Å²) < 4.78 is 7.40. The highest BCUT2D eigenvalue weighted by Crippen LogP contribution is 2.27. The van der Waals surface area contributed by atoms with E-state index in [1.807, 2.05) is 30.5 Å². The van der Waals surface area contributed by atoms with E-state index >= 15 is 0 Å². The molecule has 2 aromatic rings. The molecule has 0 saturated carbocycles. The van der Waals surface area contributed by atoms with Gasteiger partial charge < -0.3 is 14.6 Å². The SMILES string of the molecule is Cc1cc(/C=N\NC(=O)C(=O)NC[C@H]2CCCO2)c(C)n1-c1ccc(Cl)c(Cl)c1. The quantitative estimate of drug-likeness (QED) is 0.428. The zero-order chi connectivity index (χ0) is 21.0. The Labute approximate surface area is 179 Å². The van der Waals surface area contributed by atoms with E-state index in [0.29, 0.717) is 23.2 Å². The van der Waals surface area contributed by atoms with Gasteiger partial charge in [-0.3, -0.25) is 9.59 Å². The first-order valence-corrected chi connectivity index (χ1v) is 9.99. The summed E-state index contributed by atoms with van der Waals surface area (Å²) >= 11 is 12.1. The van der Waals surface area contributed by atoms with Crippen molar-refractivity contribution in [3.63, 3.8) is 0 Å². The molecular weight excluding hydrogens is 415 g/mol. The second kappa shape index (κ2) is 9.43. The van der Waals surface area contributed by atoms with Gasteiger partial charge in [-0.05, 0) is 51.0 Å². The van der Waals surface area contributed by atoms with E-state index < -0.39 is 11.8 Å². The molecule has 154 valence electrons. The van der Waals surface area contributed by atoms with E-state index in [-0.39, 0.29) is 6.10 Å². The maximum absolute atomic E-state index is 11.9. The molecule has 1 atom stereocenters. The molecule has 0 spiro atoms. The van der Waals surface area contributed by atoms with Gasteiger partial charge in [0.05, 0.1) is 22.4 Å². The highest BCUT2D eigenvalue weighted by molar-refractivity contribution is 6.42. The third kappa shape index (κ3) is 5.18. The molecule has 0 radical (unpaired) electrons. The Balaban J connectivity index is 1.62. The van der Waals surface area contributed by atoms with Crippen LogP contribution in [0.2, 0.25) is 10.0 Å². The van der Waals surface area contributed by atoms with E-state index in [1.54, 1.807) is 12.1 Å². The second-order valence-electron chi connectivity index (χ2n) is 6.80. The summed E-state index contributed by atoms with van der Waals surface area (Å²) in [6.07, 6.45) is 3.33. The predicted octanol–water partition coefficient (Wildman–Crippen LogP) is 3.15. The van der Waals surface area contributed by atoms with Gasteiger partial charge in [-0.15, -0.1) is 0 Å². The Kier molecular flexibility index (Phi) is 6.95. The maximum Gasteiger partial charge on any atom is 0.329 e. The minimum absolute atomic E-state index is 0.0259. The lowest BCUT2D eigenvalue weighted by atomic mass is 10.2. The van der Waals surface area contributed by atoms with Crippen LogP contribution in [-0.4, -0.2) is 41.9 Å². The Bertz CT molecular complexity index is 949. The van der Waals surface area contributed by atoms with Crippen molar-refractivity contribution in [2.24, 2.45) is 5.10 Å². The van der Waals surface area contributed by atoms with Crippen LogP contribution in [0.1, 0.15) is 29.8 Å². The van der Waals surface area contributed by atoms with Gasteiger partial charge in [0.25, 0.3) is 0 Å². The van der Waals surface area contributed by atoms with Gasteiger partial charge in [0, 0.05) is 35.8 Å². The number of nitrogens with zero attached hydrogens (tertiary/aromatic N) is 2. The van der Waals surface area contributed by atoms with Crippen LogP contribution in [0.25, 0.3) is 5.69 Å². The molecule has 3 rings (SSSR count). The minimum Gasteiger partial charge on any atom is -0.376 e. The topological polar surface area (TPSA) is 84.7 Å². The van der Waals surface area contributed by atoms with Gasteiger partial charge in [-0.25, -0.2) is 5.43 Å². The van der Waals surface area contributed by atoms with Crippen LogP contribution in [0.4, 0.5) is 0 Å². The smallest absolute Gasteiger partial charge is 0.329 e. The number of carbonyl (C=O) groups is 2. The van der Waals surface area contributed by atoms with Crippen molar-refractivity contribution >= 4 is 41.2 Å². The molecule has 2 heterocycles. The number of ether oxygens (including phenoxy) is 1. The lowest BCUT2D eigenvalue weighted by molar-refractivity contribution is -0.139. The molecule has 1 aliphatic rings. The lowest BCUT2D eigenvalue weighted by Crippen LogP contribution is -2.41. The number of aryl methyl sites for hydroxylation is 1. The third-order valence-corrected chi connectivity index (χ3v) is 5.46. The molecule has 29 heavy (non-hydrogen) atoms. The van der Waals surface area contributed by atoms with Gasteiger partial charge in [0.1, 0.15) is 0 Å². The summed E-state index contributed by atoms with van der Waals surface area (Å²) in [7, 11) is 0. The standard InChI is InChI=1S/C20H22Cl2N4O3/c1-12-8-14(13(2)26(12)15-5-6-17(21)18(22)9-15)10-24-25-20(28)19(27)23-11-16-4-3-7-29-16/h5-6,8-10,16H,3-4,7,11H2,1-2H3,(H,23,27)(H,25,28)/b24-10-/t16-/m1/s1. The summed E-state index contributed by atoms with van der Waals surface area (Å²) in [6, 6.07) is 7.31. The highest BCUT2D eigenvalue weighted by atomic mass is 35.5. The first-order chi connectivity index (χ1) is 13.9. The van der Waals surface area contributed by atoms with Gasteiger partial charge >= 0.3 is 11.8 Å². The van der Waals surface area contributed by atoms with Crippen molar-refractivity contribution < 1.29 is 14.3 Å². The highest BCUT2D eigenvalue weighted by Gasteiger charge is 2.19. The molecule has 1 aromatic carbocycles. The van der Waals surface area contributed by atoms with Crippen LogP contribution in [-0.2, 0) is 14.3 Å². The molecule has 2 amide bonds. The van der Waals surface area contributed by atoms with Gasteiger partial charge in [-0.2, -0.15) is 5.10 Å². The number of carbonyl (C=O) groups excluding carboxylic acids is 2. The number of benzene rings is 1. The minimum atomic E-state index is -0.822. The molecule has 0 unspecified atom stereocenters. The molecule has 1 saturated heterocycles. The first-order valence-electron chi connectivity index (χ1n) is 9.24. The van der Waals surface area contributed by atoms with Gasteiger partial charge in [0.2, 0.25) is 0 Å². The van der Waals surface area contributed by atoms with Crippen LogP contribution in [0.5, 0.6) is 0 Å². The third-order valence-electron chi connectivity index (χ3n) is 4.72. The Morgan fingerprint density at radius 2 is 2.03 bits per heavy atom. The number of nitrogens with one attached hydrogen (secondary N) is 2. The Hall–Kier alpha value is -2.35. The summed E-state index contributed by atoms with van der Waals surface area (Å²) in [5, 5.41) is 7.41. The average molecular weight is 437 g/mol. The maximum atomic E-state index is 11.9. The first kappa shape index (κ1) is 21.4. The number of amides is 2. The van der Waals surface area contributed by atoms with Crippen molar-refractivity contribution in [2.45, 2.75) is 32.8 Å². The summed E-state index contributed by atoms with van der Waals surface area (Å²) in [5.74, 6) is -1.56. The van der Waals surface area contributed by atoms with E-state index in [1.165, 1.54) is 6.21 Å². The Morgan fingerprint density at radius 3 is 2.72 bits per heavy atom. The van der Waals surface area contributed by atoms with Gasteiger partial charge in [0.15, 0.2) is 0 Å². The van der Waals surface area contributed by atoms with Crippen molar-refractivity contribution in [1.29, 1.82) is 0 Å². The van der Waals surface area contributed by atoms with Crippen LogP contribution in [0.3, 0.4) is 0 Å². The Morgan fingerprint density at radius 1 is 1.24 bits per heavy atom. The summed E-state index contributed by atoms with van der Waals surface area (Å²) in [4.78, 5) is 23.7. The molecule has 2 N–H and O–H groups in total. The zero-order valence-corrected chi connectivity index (χ0v) is 17.7. The summed E-state index contributed by atoms with van der Waals surface area (Å²) in [5.41, 5.74) is 5.78. The van der Waals surface area contributed by atoms with Crippen LogP contribution < -0.4 is 10.7 Å². The number of aromatic nitrogens is 1. The van der Waals surface area contributed by atoms with Crippen molar-refractivity contribution in [2.75, 3.05) is 13.2 Å². The molecule has 1 aromatic heterocycles. The molecule has 1 fully saturated rings. The fourth-order valence-corrected chi connectivity index (χ4v) is 3.54. The van der Waals surface area contributed by atoms with Crippen molar-refractivity contribution in [3.05, 3.63) is 51.3 Å². The predicted molar refractivity (Wildman–Crippen MR) is 113 cm³/mol. The fourth-order valence-electron chi connectivity index (χ4n) is 3.24. The molecular formula is C20H22Cl2N4O3. The monoisotopic (exact) mass is 436 g/mol. The zero-order valence-electron chi connectivity index (χ0n) is 16.2. The van der Waals surface area contributed by atoms with Crippen LogP contribution in [0.15, 0.2) is 29.4 Å². The average Bonchev–Trinajstić information content (AvgIpc) is 3.30. The summed E-state index contributed by atoms with van der Waals surface area (Å²) in [6.45, 7) is 4.88. The largest absolute Gasteiger partial charge is 0.376 e. The van der Waals surface area contributed by atoms with E-state index in [2.05, 4.69) is 15.8 Å².